The molecule has 1 aliphatic rings. The average Bonchev–Trinajstić information content (AvgIpc) is 2.37. The van der Waals surface area contributed by atoms with Gasteiger partial charge in [-0.3, -0.25) is 20.0 Å². The summed E-state index contributed by atoms with van der Waals surface area (Å²) in [5.41, 5.74) is 1.83. The number of hydrogen-bond acceptors (Lipinski definition) is 4. The fourth-order valence-electron chi connectivity index (χ4n) is 2.45. The number of carbonyl (C=O) groups excluding carboxylic acids is 1. The van der Waals surface area contributed by atoms with Crippen molar-refractivity contribution in [2.24, 2.45) is 11.3 Å². The molecule has 0 spiro atoms. The second kappa shape index (κ2) is 6.50. The Bertz CT molecular complexity index is 272. The van der Waals surface area contributed by atoms with Crippen LogP contribution >= 0.6 is 0 Å². The lowest BCUT2D eigenvalue weighted by Gasteiger charge is -2.40. The highest BCUT2D eigenvalue weighted by Gasteiger charge is 2.31. The van der Waals surface area contributed by atoms with Gasteiger partial charge >= 0.3 is 0 Å². The van der Waals surface area contributed by atoms with E-state index in [-0.39, 0.29) is 5.91 Å². The first-order valence-corrected chi connectivity index (χ1v) is 6.88. The third-order valence-electron chi connectivity index (χ3n) is 3.99. The molecule has 1 fully saturated rings. The van der Waals surface area contributed by atoms with Gasteiger partial charge in [-0.05, 0) is 27.2 Å². The number of nitrogens with two attached hydrogens (primary N) is 1. The fraction of sp³-hybridized carbons (Fsp3) is 0.923. The van der Waals surface area contributed by atoms with E-state index in [2.05, 4.69) is 29.1 Å². The van der Waals surface area contributed by atoms with Crippen LogP contribution in [-0.4, -0.2) is 54.5 Å². The van der Waals surface area contributed by atoms with Crippen molar-refractivity contribution in [1.29, 1.82) is 0 Å². The number of rotatable bonds is 5. The Morgan fingerprint density at radius 1 is 1.33 bits per heavy atom. The molecule has 0 bridgehead atoms. The number of nitrogens with one attached hydrogen (secondary N) is 1. The molecule has 0 aromatic heterocycles. The van der Waals surface area contributed by atoms with Crippen LogP contribution in [0.3, 0.4) is 0 Å². The Kier molecular flexibility index (Phi) is 5.56. The highest BCUT2D eigenvalue weighted by molar-refractivity contribution is 5.81. The molecular weight excluding hydrogens is 228 g/mol. The number of hydrogen-bond donors (Lipinski definition) is 2. The van der Waals surface area contributed by atoms with E-state index in [4.69, 9.17) is 5.84 Å². The van der Waals surface area contributed by atoms with Crippen molar-refractivity contribution in [3.8, 4) is 0 Å². The van der Waals surface area contributed by atoms with Gasteiger partial charge in [0.05, 0.1) is 5.41 Å². The molecule has 1 amide bonds. The Labute approximate surface area is 111 Å². The van der Waals surface area contributed by atoms with E-state index in [0.717, 1.165) is 32.7 Å². The normalized spacial score (nSPS) is 20.7. The molecule has 0 radical (unpaired) electrons. The van der Waals surface area contributed by atoms with E-state index in [1.807, 2.05) is 13.8 Å². The molecule has 1 atom stereocenters. The Balaban J connectivity index is 2.42. The Hall–Kier alpha value is -0.650. The van der Waals surface area contributed by atoms with Gasteiger partial charge in [0.2, 0.25) is 5.91 Å². The summed E-state index contributed by atoms with van der Waals surface area (Å²) in [7, 11) is 0. The molecule has 1 heterocycles. The van der Waals surface area contributed by atoms with E-state index in [9.17, 15) is 4.79 Å². The molecule has 3 N–H and O–H groups in total. The summed E-state index contributed by atoms with van der Waals surface area (Å²) in [4.78, 5) is 16.5. The monoisotopic (exact) mass is 256 g/mol. The minimum absolute atomic E-state index is 0.0909. The van der Waals surface area contributed by atoms with E-state index in [0.29, 0.717) is 6.04 Å². The molecule has 1 unspecified atom stereocenters. The number of amides is 1. The minimum Gasteiger partial charge on any atom is -0.300 e. The number of piperazine rings is 1. The molecule has 5 nitrogen and oxygen atoms in total. The highest BCUT2D eigenvalue weighted by atomic mass is 16.2. The summed E-state index contributed by atoms with van der Waals surface area (Å²) >= 11 is 0. The second-order valence-electron chi connectivity index (χ2n) is 5.93. The molecule has 106 valence electrons. The van der Waals surface area contributed by atoms with Gasteiger partial charge in [-0.25, -0.2) is 5.84 Å². The van der Waals surface area contributed by atoms with E-state index < -0.39 is 5.41 Å². The maximum Gasteiger partial charge on any atom is 0.240 e. The van der Waals surface area contributed by atoms with Crippen LogP contribution in [0.25, 0.3) is 0 Å². The van der Waals surface area contributed by atoms with Gasteiger partial charge in [0.1, 0.15) is 0 Å². The lowest BCUT2D eigenvalue weighted by atomic mass is 9.91. The van der Waals surface area contributed by atoms with Gasteiger partial charge in [-0.15, -0.1) is 0 Å². The first kappa shape index (κ1) is 15.4. The molecule has 18 heavy (non-hydrogen) atoms. The smallest absolute Gasteiger partial charge is 0.240 e. The molecule has 5 heteroatoms. The summed E-state index contributed by atoms with van der Waals surface area (Å²) in [6.07, 6.45) is 1.20. The number of hydrazine groups is 1. The molecule has 0 aromatic rings. The van der Waals surface area contributed by atoms with Crippen LogP contribution < -0.4 is 11.3 Å². The van der Waals surface area contributed by atoms with Gasteiger partial charge in [0, 0.05) is 38.8 Å². The van der Waals surface area contributed by atoms with Crippen molar-refractivity contribution in [2.45, 2.75) is 40.2 Å². The maximum atomic E-state index is 11.7. The molecule has 1 aliphatic heterocycles. The van der Waals surface area contributed by atoms with Crippen molar-refractivity contribution in [1.82, 2.24) is 15.2 Å². The third-order valence-corrected chi connectivity index (χ3v) is 3.99. The van der Waals surface area contributed by atoms with Crippen molar-refractivity contribution in [3.05, 3.63) is 0 Å². The molecule has 1 saturated heterocycles. The van der Waals surface area contributed by atoms with Crippen LogP contribution in [0.1, 0.15) is 34.1 Å². The molecule has 0 aromatic carbocycles. The summed E-state index contributed by atoms with van der Waals surface area (Å²) in [5.74, 6) is 5.13. The number of nitrogens with zero attached hydrogens (tertiary/aromatic N) is 2. The van der Waals surface area contributed by atoms with Gasteiger partial charge < -0.3 is 0 Å². The van der Waals surface area contributed by atoms with E-state index in [1.165, 1.54) is 6.42 Å². The minimum atomic E-state index is -0.423. The average molecular weight is 256 g/mol. The zero-order valence-corrected chi connectivity index (χ0v) is 12.2. The van der Waals surface area contributed by atoms with Crippen molar-refractivity contribution >= 4 is 5.91 Å². The van der Waals surface area contributed by atoms with E-state index in [1.54, 1.807) is 0 Å². The third kappa shape index (κ3) is 3.93. The summed E-state index contributed by atoms with van der Waals surface area (Å²) in [6.45, 7) is 13.4. The van der Waals surface area contributed by atoms with E-state index >= 15 is 0 Å². The van der Waals surface area contributed by atoms with Crippen LogP contribution in [0.4, 0.5) is 0 Å². The molecular formula is C13H28N4O. The lowest BCUT2D eigenvalue weighted by molar-refractivity contribution is -0.130. The molecule has 0 aliphatic carbocycles. The second-order valence-corrected chi connectivity index (χ2v) is 5.93. The lowest BCUT2D eigenvalue weighted by Crippen LogP contribution is -2.54. The van der Waals surface area contributed by atoms with Crippen LogP contribution in [0, 0.1) is 5.41 Å². The van der Waals surface area contributed by atoms with Crippen LogP contribution in [0.15, 0.2) is 0 Å². The molecule has 0 saturated carbocycles. The Morgan fingerprint density at radius 3 is 2.33 bits per heavy atom. The zero-order chi connectivity index (χ0) is 13.8. The Morgan fingerprint density at radius 2 is 1.89 bits per heavy atom. The summed E-state index contributed by atoms with van der Waals surface area (Å²) in [5, 5.41) is 0. The zero-order valence-electron chi connectivity index (χ0n) is 12.2. The van der Waals surface area contributed by atoms with Crippen LogP contribution in [0.5, 0.6) is 0 Å². The maximum absolute atomic E-state index is 11.7. The van der Waals surface area contributed by atoms with Gasteiger partial charge in [-0.1, -0.05) is 6.92 Å². The van der Waals surface area contributed by atoms with Gasteiger partial charge in [0.15, 0.2) is 0 Å². The van der Waals surface area contributed by atoms with Crippen molar-refractivity contribution < 1.29 is 4.79 Å². The highest BCUT2D eigenvalue weighted by Crippen LogP contribution is 2.18. The summed E-state index contributed by atoms with van der Waals surface area (Å²) < 4.78 is 0. The topological polar surface area (TPSA) is 61.6 Å². The predicted molar refractivity (Wildman–Crippen MR) is 73.9 cm³/mol. The van der Waals surface area contributed by atoms with Gasteiger partial charge in [0.25, 0.3) is 0 Å². The van der Waals surface area contributed by atoms with Crippen molar-refractivity contribution in [3.63, 3.8) is 0 Å². The van der Waals surface area contributed by atoms with Crippen LogP contribution in [0.2, 0.25) is 0 Å². The standard InChI is InChI=1S/C13H28N4O/c1-5-11(2)17-8-6-16(7-9-17)10-13(3,4)12(18)15-14/h11H,5-10,14H2,1-4H3,(H,15,18). The van der Waals surface area contributed by atoms with Gasteiger partial charge in [-0.2, -0.15) is 0 Å². The first-order valence-electron chi connectivity index (χ1n) is 6.88. The largest absolute Gasteiger partial charge is 0.300 e. The quantitative estimate of drug-likeness (QED) is 0.425. The SMILES string of the molecule is CCC(C)N1CCN(CC(C)(C)C(=O)NN)CC1. The first-order chi connectivity index (χ1) is 8.40. The van der Waals surface area contributed by atoms with Crippen LogP contribution in [-0.2, 0) is 4.79 Å². The predicted octanol–water partition coefficient (Wildman–Crippen LogP) is 0.419. The number of carbonyl (C=O) groups is 1. The van der Waals surface area contributed by atoms with Crippen molar-refractivity contribution in [2.75, 3.05) is 32.7 Å². The molecule has 1 rings (SSSR count). The fourth-order valence-corrected chi connectivity index (χ4v) is 2.45. The summed E-state index contributed by atoms with van der Waals surface area (Å²) in [6, 6.07) is 0.660.